The van der Waals surface area contributed by atoms with Crippen LogP contribution in [0.15, 0.2) is 53.5 Å². The standard InChI is InChI=1S/C18H14F3N3O4/c1-28-17(25)14-15(10-6-8-11(9-7-10)24(26)27)22-12-4-2-3-5-13(12)23-16(14)18(19,20)21/h2-9,14-15,22H,1H3/t14-,15+/m0/s1. The number of anilines is 1. The number of hydrogen-bond acceptors (Lipinski definition) is 6. The Bertz CT molecular complexity index is 942. The Morgan fingerprint density at radius 3 is 2.39 bits per heavy atom. The summed E-state index contributed by atoms with van der Waals surface area (Å²) < 4.78 is 45.9. The first-order valence-electron chi connectivity index (χ1n) is 8.06. The van der Waals surface area contributed by atoms with E-state index in [0.29, 0.717) is 5.69 Å². The number of alkyl halides is 3. The van der Waals surface area contributed by atoms with Gasteiger partial charge in [-0.05, 0) is 17.7 Å². The Hall–Kier alpha value is -3.43. The summed E-state index contributed by atoms with van der Waals surface area (Å²) in [6.45, 7) is 0. The van der Waals surface area contributed by atoms with E-state index in [4.69, 9.17) is 0 Å². The first-order chi connectivity index (χ1) is 13.2. The summed E-state index contributed by atoms with van der Waals surface area (Å²) in [6, 6.07) is 9.78. The molecule has 1 aliphatic rings. The van der Waals surface area contributed by atoms with E-state index < -0.39 is 34.7 Å². The van der Waals surface area contributed by atoms with Crippen LogP contribution in [0.1, 0.15) is 11.6 Å². The molecule has 0 saturated heterocycles. The molecule has 3 rings (SSSR count). The highest BCUT2D eigenvalue weighted by Crippen LogP contribution is 2.41. The summed E-state index contributed by atoms with van der Waals surface area (Å²) in [5.41, 5.74) is -0.973. The minimum absolute atomic E-state index is 0.0214. The quantitative estimate of drug-likeness (QED) is 0.480. The molecule has 0 spiro atoms. The average molecular weight is 393 g/mol. The molecular formula is C18H14F3N3O4. The molecule has 1 N–H and O–H groups in total. The van der Waals surface area contributed by atoms with Crippen LogP contribution in [0.3, 0.4) is 0 Å². The number of benzene rings is 2. The third kappa shape index (κ3) is 3.66. The lowest BCUT2D eigenvalue weighted by atomic mass is 9.88. The number of nitro groups is 1. The SMILES string of the molecule is COC(=O)[C@@H]1C(C(F)(F)F)=Nc2ccccc2N[C@@H]1c1ccc([N+](=O)[O-])cc1. The number of ether oxygens (including phenoxy) is 1. The molecule has 2 aromatic carbocycles. The molecule has 146 valence electrons. The number of nitro benzene ring substituents is 1. The summed E-state index contributed by atoms with van der Waals surface area (Å²) >= 11 is 0. The minimum Gasteiger partial charge on any atom is -0.468 e. The number of carbonyl (C=O) groups excluding carboxylic acids is 1. The van der Waals surface area contributed by atoms with E-state index in [-0.39, 0.29) is 16.9 Å². The molecule has 0 amide bonds. The Labute approximate surface area is 157 Å². The van der Waals surface area contributed by atoms with Gasteiger partial charge in [0.05, 0.1) is 29.4 Å². The third-order valence-electron chi connectivity index (χ3n) is 4.29. The Balaban J connectivity index is 2.19. The van der Waals surface area contributed by atoms with E-state index in [0.717, 1.165) is 19.2 Å². The highest BCUT2D eigenvalue weighted by atomic mass is 19.4. The van der Waals surface area contributed by atoms with E-state index in [1.165, 1.54) is 30.3 Å². The molecule has 0 unspecified atom stereocenters. The first-order valence-corrected chi connectivity index (χ1v) is 8.06. The van der Waals surface area contributed by atoms with E-state index in [9.17, 15) is 28.1 Å². The number of rotatable bonds is 3. The van der Waals surface area contributed by atoms with E-state index in [2.05, 4.69) is 15.0 Å². The number of fused-ring (bicyclic) bond motifs is 1. The minimum atomic E-state index is -4.89. The second-order valence-corrected chi connectivity index (χ2v) is 5.98. The van der Waals surface area contributed by atoms with Crippen molar-refractivity contribution in [3.05, 3.63) is 64.2 Å². The third-order valence-corrected chi connectivity index (χ3v) is 4.29. The molecule has 2 aromatic rings. The zero-order chi connectivity index (χ0) is 20.5. The Kier molecular flexibility index (Phi) is 5.04. The van der Waals surface area contributed by atoms with Crippen molar-refractivity contribution in [1.29, 1.82) is 0 Å². The van der Waals surface area contributed by atoms with Crippen LogP contribution in [0.4, 0.5) is 30.2 Å². The van der Waals surface area contributed by atoms with Crippen LogP contribution < -0.4 is 5.32 Å². The summed E-state index contributed by atoms with van der Waals surface area (Å²) in [6.07, 6.45) is -4.89. The summed E-state index contributed by atoms with van der Waals surface area (Å²) in [4.78, 5) is 26.3. The van der Waals surface area contributed by atoms with Gasteiger partial charge < -0.3 is 10.1 Å². The van der Waals surface area contributed by atoms with Crippen LogP contribution in [0, 0.1) is 16.0 Å². The molecule has 1 aliphatic heterocycles. The van der Waals surface area contributed by atoms with Gasteiger partial charge in [0, 0.05) is 12.1 Å². The van der Waals surface area contributed by atoms with Crippen molar-refractivity contribution in [2.45, 2.75) is 12.2 Å². The summed E-state index contributed by atoms with van der Waals surface area (Å²) in [7, 11) is 0.987. The molecule has 0 aliphatic carbocycles. The maximum absolute atomic E-state index is 13.8. The van der Waals surface area contributed by atoms with Crippen LogP contribution in [0.5, 0.6) is 0 Å². The number of aliphatic imine (C=N–C) groups is 1. The van der Waals surface area contributed by atoms with Gasteiger partial charge in [0.15, 0.2) is 0 Å². The number of esters is 1. The van der Waals surface area contributed by atoms with Crippen LogP contribution in [0.25, 0.3) is 0 Å². The van der Waals surface area contributed by atoms with Crippen molar-refractivity contribution in [3.8, 4) is 0 Å². The molecule has 7 nitrogen and oxygen atoms in total. The maximum atomic E-state index is 13.8. The smallest absolute Gasteiger partial charge is 0.430 e. The van der Waals surface area contributed by atoms with Gasteiger partial charge in [0.1, 0.15) is 11.6 Å². The van der Waals surface area contributed by atoms with Crippen LogP contribution >= 0.6 is 0 Å². The molecule has 0 fully saturated rings. The van der Waals surface area contributed by atoms with Crippen molar-refractivity contribution >= 4 is 28.7 Å². The molecule has 2 atom stereocenters. The average Bonchev–Trinajstić information content (AvgIpc) is 2.84. The van der Waals surface area contributed by atoms with E-state index >= 15 is 0 Å². The van der Waals surface area contributed by atoms with Gasteiger partial charge in [-0.3, -0.25) is 14.9 Å². The predicted octanol–water partition coefficient (Wildman–Crippen LogP) is 4.19. The van der Waals surface area contributed by atoms with Gasteiger partial charge in [0.2, 0.25) is 0 Å². The van der Waals surface area contributed by atoms with Crippen molar-refractivity contribution < 1.29 is 27.6 Å². The zero-order valence-electron chi connectivity index (χ0n) is 14.4. The van der Waals surface area contributed by atoms with Gasteiger partial charge in [-0.1, -0.05) is 24.3 Å². The van der Waals surface area contributed by atoms with Gasteiger partial charge in [-0.15, -0.1) is 0 Å². The van der Waals surface area contributed by atoms with Crippen LogP contribution in [-0.4, -0.2) is 29.9 Å². The molecule has 0 radical (unpaired) electrons. The molecule has 28 heavy (non-hydrogen) atoms. The Morgan fingerprint density at radius 2 is 1.82 bits per heavy atom. The number of methoxy groups -OCH3 is 1. The molecule has 10 heteroatoms. The number of carbonyl (C=O) groups is 1. The number of hydrogen-bond donors (Lipinski definition) is 1. The lowest BCUT2D eigenvalue weighted by Crippen LogP contribution is -2.41. The van der Waals surface area contributed by atoms with Crippen LogP contribution in [-0.2, 0) is 9.53 Å². The van der Waals surface area contributed by atoms with Crippen molar-refractivity contribution in [1.82, 2.24) is 0 Å². The fourth-order valence-electron chi connectivity index (χ4n) is 2.99. The molecule has 0 bridgehead atoms. The Morgan fingerprint density at radius 1 is 1.18 bits per heavy atom. The molecular weight excluding hydrogens is 379 g/mol. The van der Waals surface area contributed by atoms with Crippen molar-refractivity contribution in [3.63, 3.8) is 0 Å². The van der Waals surface area contributed by atoms with Crippen molar-refractivity contribution in [2.75, 3.05) is 12.4 Å². The lowest BCUT2D eigenvalue weighted by molar-refractivity contribution is -0.384. The monoisotopic (exact) mass is 393 g/mol. The number of nitrogens with one attached hydrogen (secondary N) is 1. The fraction of sp³-hybridized carbons (Fsp3) is 0.222. The first kappa shape index (κ1) is 19.3. The second kappa shape index (κ2) is 7.29. The fourth-order valence-corrected chi connectivity index (χ4v) is 2.99. The lowest BCUT2D eigenvalue weighted by Gasteiger charge is -2.27. The molecule has 0 saturated carbocycles. The van der Waals surface area contributed by atoms with Gasteiger partial charge in [0.25, 0.3) is 5.69 Å². The van der Waals surface area contributed by atoms with Gasteiger partial charge in [-0.25, -0.2) is 4.99 Å². The zero-order valence-corrected chi connectivity index (χ0v) is 14.4. The largest absolute Gasteiger partial charge is 0.468 e. The van der Waals surface area contributed by atoms with E-state index in [1.54, 1.807) is 6.07 Å². The number of para-hydroxylation sites is 2. The van der Waals surface area contributed by atoms with Gasteiger partial charge in [-0.2, -0.15) is 13.2 Å². The normalized spacial score (nSPS) is 18.9. The van der Waals surface area contributed by atoms with Crippen LogP contribution in [0.2, 0.25) is 0 Å². The number of nitrogens with zero attached hydrogens (tertiary/aromatic N) is 2. The predicted molar refractivity (Wildman–Crippen MR) is 94.6 cm³/mol. The number of non-ortho nitro benzene ring substituents is 1. The van der Waals surface area contributed by atoms with E-state index in [1.807, 2.05) is 0 Å². The second-order valence-electron chi connectivity index (χ2n) is 5.98. The van der Waals surface area contributed by atoms with Gasteiger partial charge >= 0.3 is 12.1 Å². The summed E-state index contributed by atoms with van der Waals surface area (Å²) in [5.74, 6) is -2.93. The topological polar surface area (TPSA) is 93.8 Å². The molecule has 0 aromatic heterocycles. The number of halogens is 3. The highest BCUT2D eigenvalue weighted by molar-refractivity contribution is 6.08. The summed E-state index contributed by atoms with van der Waals surface area (Å²) in [5, 5.41) is 13.8. The maximum Gasteiger partial charge on any atom is 0.430 e. The highest BCUT2D eigenvalue weighted by Gasteiger charge is 2.49. The van der Waals surface area contributed by atoms with Crippen molar-refractivity contribution in [2.24, 2.45) is 10.9 Å². The molecule has 1 heterocycles.